The van der Waals surface area contributed by atoms with Gasteiger partial charge in [-0.15, -0.1) is 0 Å². The maximum Gasteiger partial charge on any atom is 0.217 e. The molecule has 0 aromatic rings. The summed E-state index contributed by atoms with van der Waals surface area (Å²) in [5, 5.41) is 63.1. The molecule has 0 aliphatic carbocycles. The van der Waals surface area contributed by atoms with E-state index in [-0.39, 0.29) is 6.61 Å². The second-order valence-corrected chi connectivity index (χ2v) is 12.5. The van der Waals surface area contributed by atoms with E-state index in [1.807, 2.05) is 0 Å². The van der Waals surface area contributed by atoms with E-state index in [2.05, 4.69) is 12.2 Å². The van der Waals surface area contributed by atoms with Crippen LogP contribution in [0.15, 0.2) is 0 Å². The molecular weight excluding hydrogens is 554 g/mol. The fraction of sp³-hybridized carbons (Fsp3) is 0.970. The highest BCUT2D eigenvalue weighted by Gasteiger charge is 2.44. The van der Waals surface area contributed by atoms with E-state index in [9.17, 15) is 35.4 Å². The summed E-state index contributed by atoms with van der Waals surface area (Å²) >= 11 is 0. The molecule has 0 bridgehead atoms. The molecule has 0 aromatic carbocycles. The van der Waals surface area contributed by atoms with Crippen LogP contribution in [0.2, 0.25) is 0 Å². The van der Waals surface area contributed by atoms with Gasteiger partial charge in [0.1, 0.15) is 30.5 Å². The van der Waals surface area contributed by atoms with Crippen molar-refractivity contribution < 1.29 is 44.9 Å². The molecule has 10 nitrogen and oxygen atoms in total. The van der Waals surface area contributed by atoms with Gasteiger partial charge in [-0.3, -0.25) is 4.79 Å². The van der Waals surface area contributed by atoms with E-state index >= 15 is 0 Å². The number of hydrogen-bond donors (Lipinski definition) is 7. The fourth-order valence-corrected chi connectivity index (χ4v) is 5.76. The van der Waals surface area contributed by atoms with Crippen LogP contribution in [-0.4, -0.2) is 98.7 Å². The number of carbonyl (C=O) groups is 1. The van der Waals surface area contributed by atoms with E-state index in [4.69, 9.17) is 9.47 Å². The lowest BCUT2D eigenvalue weighted by atomic mass is 9.98. The van der Waals surface area contributed by atoms with Crippen LogP contribution in [0.4, 0.5) is 0 Å². The molecule has 1 amide bonds. The smallest absolute Gasteiger partial charge is 0.217 e. The Bertz CT molecular complexity index is 668. The van der Waals surface area contributed by atoms with Gasteiger partial charge in [0.2, 0.25) is 5.91 Å². The van der Waals surface area contributed by atoms with E-state index in [1.165, 1.54) is 110 Å². The second kappa shape index (κ2) is 25.4. The van der Waals surface area contributed by atoms with Gasteiger partial charge in [0, 0.05) is 6.92 Å². The largest absolute Gasteiger partial charge is 0.394 e. The summed E-state index contributed by atoms with van der Waals surface area (Å²) in [5.74, 6) is -0.433. The third kappa shape index (κ3) is 18.0. The van der Waals surface area contributed by atoms with Crippen molar-refractivity contribution >= 4 is 5.91 Å². The first-order chi connectivity index (χ1) is 20.7. The van der Waals surface area contributed by atoms with Crippen LogP contribution < -0.4 is 5.32 Å². The molecular formula is C33H65NO9. The Morgan fingerprint density at radius 3 is 1.58 bits per heavy atom. The monoisotopic (exact) mass is 619 g/mol. The first-order valence-corrected chi connectivity index (χ1v) is 17.3. The van der Waals surface area contributed by atoms with Crippen LogP contribution >= 0.6 is 0 Å². The number of rotatable bonds is 27. The number of amides is 1. The minimum atomic E-state index is -1.60. The molecule has 0 aromatic heterocycles. The Morgan fingerprint density at radius 2 is 1.16 bits per heavy atom. The van der Waals surface area contributed by atoms with Crippen molar-refractivity contribution in [3.05, 3.63) is 0 Å². The van der Waals surface area contributed by atoms with Gasteiger partial charge in [0.05, 0.1) is 25.4 Å². The van der Waals surface area contributed by atoms with Gasteiger partial charge >= 0.3 is 0 Å². The summed E-state index contributed by atoms with van der Waals surface area (Å²) in [4.78, 5) is 11.7. The molecule has 1 heterocycles. The van der Waals surface area contributed by atoms with E-state index in [0.717, 1.165) is 19.3 Å². The van der Waals surface area contributed by atoms with Crippen molar-refractivity contribution in [2.45, 2.75) is 191 Å². The number of hydrogen-bond acceptors (Lipinski definition) is 9. The van der Waals surface area contributed by atoms with Crippen LogP contribution in [-0.2, 0) is 14.3 Å². The van der Waals surface area contributed by atoms with Gasteiger partial charge in [0.15, 0.2) is 6.29 Å². The molecule has 43 heavy (non-hydrogen) atoms. The summed E-state index contributed by atoms with van der Waals surface area (Å²) in [6, 6.07) is -0.986. The maximum absolute atomic E-state index is 11.7. The predicted molar refractivity (Wildman–Crippen MR) is 167 cm³/mol. The van der Waals surface area contributed by atoms with Gasteiger partial charge in [-0.2, -0.15) is 0 Å². The Balaban J connectivity index is 2.12. The summed E-state index contributed by atoms with van der Waals surface area (Å²) < 4.78 is 10.8. The van der Waals surface area contributed by atoms with Crippen molar-refractivity contribution in [2.24, 2.45) is 0 Å². The molecule has 1 aliphatic rings. The summed E-state index contributed by atoms with van der Waals surface area (Å²) in [5.41, 5.74) is 0. The summed E-state index contributed by atoms with van der Waals surface area (Å²) in [6.45, 7) is 2.62. The van der Waals surface area contributed by atoms with E-state index in [1.54, 1.807) is 0 Å². The van der Waals surface area contributed by atoms with Gasteiger partial charge < -0.3 is 45.4 Å². The number of ether oxygens (including phenoxy) is 2. The normalized spacial score (nSPS) is 24.5. The zero-order valence-corrected chi connectivity index (χ0v) is 27.1. The minimum Gasteiger partial charge on any atom is -0.394 e. The third-order valence-electron chi connectivity index (χ3n) is 8.59. The Kier molecular flexibility index (Phi) is 23.7. The fourth-order valence-electron chi connectivity index (χ4n) is 5.76. The zero-order chi connectivity index (χ0) is 31.9. The summed E-state index contributed by atoms with van der Waals surface area (Å²) in [7, 11) is 0. The van der Waals surface area contributed by atoms with Crippen LogP contribution in [0.1, 0.15) is 142 Å². The second-order valence-electron chi connectivity index (χ2n) is 12.5. The number of nitrogens with one attached hydrogen (secondary N) is 1. The molecule has 1 fully saturated rings. The van der Waals surface area contributed by atoms with Crippen LogP contribution in [0.5, 0.6) is 0 Å². The third-order valence-corrected chi connectivity index (χ3v) is 8.59. The highest BCUT2D eigenvalue weighted by molar-refractivity contribution is 5.73. The van der Waals surface area contributed by atoms with E-state index in [0.29, 0.717) is 6.42 Å². The highest BCUT2D eigenvalue weighted by Crippen LogP contribution is 2.23. The molecule has 7 N–H and O–H groups in total. The van der Waals surface area contributed by atoms with Crippen molar-refractivity contribution in [3.63, 3.8) is 0 Å². The lowest BCUT2D eigenvalue weighted by Gasteiger charge is -2.40. The van der Waals surface area contributed by atoms with Crippen molar-refractivity contribution in [1.82, 2.24) is 5.32 Å². The molecule has 0 unspecified atom stereocenters. The van der Waals surface area contributed by atoms with Crippen molar-refractivity contribution in [3.8, 4) is 0 Å². The summed E-state index contributed by atoms with van der Waals surface area (Å²) in [6.07, 6.45) is 15.1. The standard InChI is InChI=1S/C33H65NO9/c1-3-4-5-6-7-8-9-10-11-12-13-14-15-16-17-18-19-20-21-22-27(37)29(38)26(34-25(2)36)24-42-33-32(41)31(40)30(39)28(23-35)43-33/h26-33,35,37-41H,3-24H2,1-2H3,(H,34,36)/t26-,27+,28+,29-,30-,31-,32+,33-/m0/s1. The average molecular weight is 620 g/mol. The first-order valence-electron chi connectivity index (χ1n) is 17.3. The number of carbonyl (C=O) groups excluding carboxylic acids is 1. The minimum absolute atomic E-state index is 0.320. The number of aliphatic hydroxyl groups is 6. The molecule has 10 heteroatoms. The molecule has 0 saturated carbocycles. The van der Waals surface area contributed by atoms with Crippen molar-refractivity contribution in [1.29, 1.82) is 0 Å². The van der Waals surface area contributed by atoms with Crippen LogP contribution in [0.25, 0.3) is 0 Å². The zero-order valence-electron chi connectivity index (χ0n) is 27.1. The molecule has 8 atom stereocenters. The Morgan fingerprint density at radius 1 is 0.721 bits per heavy atom. The predicted octanol–water partition coefficient (Wildman–Crippen LogP) is 3.85. The van der Waals surface area contributed by atoms with Gasteiger partial charge in [-0.25, -0.2) is 0 Å². The van der Waals surface area contributed by atoms with Crippen LogP contribution in [0.3, 0.4) is 0 Å². The number of aliphatic hydroxyl groups excluding tert-OH is 6. The van der Waals surface area contributed by atoms with Gasteiger partial charge in [-0.1, -0.05) is 129 Å². The Hall–Kier alpha value is -0.850. The first kappa shape index (κ1) is 40.2. The van der Waals surface area contributed by atoms with Gasteiger partial charge in [0.25, 0.3) is 0 Å². The number of unbranched alkanes of at least 4 members (excludes halogenated alkanes) is 18. The highest BCUT2D eigenvalue weighted by atomic mass is 16.7. The quantitative estimate of drug-likeness (QED) is 0.0675. The molecule has 1 rings (SSSR count). The molecule has 0 spiro atoms. The lowest BCUT2D eigenvalue weighted by molar-refractivity contribution is -0.303. The van der Waals surface area contributed by atoms with Crippen LogP contribution in [0, 0.1) is 0 Å². The molecule has 1 aliphatic heterocycles. The molecule has 0 radical (unpaired) electrons. The topological polar surface area (TPSA) is 169 Å². The maximum atomic E-state index is 11.7. The van der Waals surface area contributed by atoms with E-state index < -0.39 is 61.5 Å². The molecule has 1 saturated heterocycles. The average Bonchev–Trinajstić information content (AvgIpc) is 2.99. The lowest BCUT2D eigenvalue weighted by Crippen LogP contribution is -2.60. The molecule has 256 valence electrons. The Labute approximate surface area is 260 Å². The van der Waals surface area contributed by atoms with Gasteiger partial charge in [-0.05, 0) is 6.42 Å². The SMILES string of the molecule is CCCCCCCCCCCCCCCCCCCCC[C@@H](O)[C@@H](O)[C@H](CO[C@H]1O[C@H](CO)[C@H](O)[C@H](O)[C@H]1O)NC(C)=O. The van der Waals surface area contributed by atoms with Crippen molar-refractivity contribution in [2.75, 3.05) is 13.2 Å².